The number of aromatic amines is 1. The Morgan fingerprint density at radius 2 is 1.85 bits per heavy atom. The molecule has 1 aromatic heterocycles. The lowest BCUT2D eigenvalue weighted by Gasteiger charge is -2.23. The minimum atomic E-state index is -4.69. The highest BCUT2D eigenvalue weighted by molar-refractivity contribution is 6.33. The van der Waals surface area contributed by atoms with Crippen molar-refractivity contribution in [2.45, 2.75) is 44.9 Å². The van der Waals surface area contributed by atoms with Gasteiger partial charge in [0.1, 0.15) is 17.4 Å². The number of carbonyl (C=O) groups is 1. The third kappa shape index (κ3) is 6.44. The molecule has 40 heavy (non-hydrogen) atoms. The molecule has 1 atom stereocenters. The summed E-state index contributed by atoms with van der Waals surface area (Å²) in [6.45, 7) is 3.82. The molecule has 2 heterocycles. The molecule has 1 aliphatic heterocycles. The van der Waals surface area contributed by atoms with E-state index < -0.39 is 22.9 Å². The van der Waals surface area contributed by atoms with Crippen molar-refractivity contribution in [2.75, 3.05) is 13.1 Å². The molecule has 0 bridgehead atoms. The van der Waals surface area contributed by atoms with Crippen LogP contribution in [0.2, 0.25) is 10.0 Å². The van der Waals surface area contributed by atoms with E-state index in [9.17, 15) is 33.1 Å². The minimum absolute atomic E-state index is 0.0114. The number of phenolic OH excluding ortho intramolecular Hbond substituents is 1. The molecule has 12 heteroatoms. The van der Waals surface area contributed by atoms with Crippen LogP contribution in [0.15, 0.2) is 41.2 Å². The Balaban J connectivity index is 1.69. The molecule has 0 radical (unpaired) electrons. The minimum Gasteiger partial charge on any atom is -0.507 e. The summed E-state index contributed by atoms with van der Waals surface area (Å²) in [7, 11) is 0. The highest BCUT2D eigenvalue weighted by Gasteiger charge is 2.31. The van der Waals surface area contributed by atoms with Crippen molar-refractivity contribution in [3.63, 3.8) is 0 Å². The van der Waals surface area contributed by atoms with E-state index in [1.807, 2.05) is 6.92 Å². The van der Waals surface area contributed by atoms with Gasteiger partial charge in [0.2, 0.25) is 5.91 Å². The Morgan fingerprint density at radius 3 is 2.50 bits per heavy atom. The maximum absolute atomic E-state index is 13.4. The normalized spacial score (nSPS) is 14.6. The molecule has 7 nitrogen and oxygen atoms in total. The highest BCUT2D eigenvalue weighted by Crippen LogP contribution is 2.39. The lowest BCUT2D eigenvalue weighted by atomic mass is 9.96. The van der Waals surface area contributed by atoms with Gasteiger partial charge in [0.15, 0.2) is 0 Å². The fourth-order valence-electron chi connectivity index (χ4n) is 4.78. The van der Waals surface area contributed by atoms with Crippen LogP contribution >= 0.6 is 23.2 Å². The summed E-state index contributed by atoms with van der Waals surface area (Å²) >= 11 is 12.5. The summed E-state index contributed by atoms with van der Waals surface area (Å²) in [5.74, 6) is -0.521. The van der Waals surface area contributed by atoms with Crippen LogP contribution in [0.25, 0.3) is 22.4 Å². The fourth-order valence-corrected chi connectivity index (χ4v) is 5.24. The number of phenols is 1. The van der Waals surface area contributed by atoms with E-state index in [1.54, 1.807) is 6.07 Å². The molecule has 1 fully saturated rings. The van der Waals surface area contributed by atoms with E-state index in [0.717, 1.165) is 44.1 Å². The predicted molar refractivity (Wildman–Crippen MR) is 146 cm³/mol. The molecule has 2 aromatic carbocycles. The van der Waals surface area contributed by atoms with E-state index in [0.29, 0.717) is 0 Å². The average Bonchev–Trinajstić information content (AvgIpc) is 3.43. The molecule has 0 saturated carbocycles. The number of nitriles is 1. The number of aromatic hydroxyl groups is 1. The molecule has 3 N–H and O–H groups in total. The second-order valence-electron chi connectivity index (χ2n) is 9.64. The number of alkyl halides is 3. The lowest BCUT2D eigenvalue weighted by molar-refractivity contribution is -0.137. The number of H-pyrrole nitrogens is 1. The molecule has 0 aliphatic carbocycles. The van der Waals surface area contributed by atoms with Crippen LogP contribution in [0.4, 0.5) is 13.2 Å². The maximum atomic E-state index is 13.4. The Labute approximate surface area is 238 Å². The monoisotopic (exact) mass is 592 g/mol. The van der Waals surface area contributed by atoms with Gasteiger partial charge in [-0.2, -0.15) is 18.4 Å². The maximum Gasteiger partial charge on any atom is 0.416 e. The number of likely N-dealkylation sites (tertiary alicyclic amines) is 1. The van der Waals surface area contributed by atoms with Gasteiger partial charge in [0, 0.05) is 51.3 Å². The third-order valence-electron chi connectivity index (χ3n) is 6.89. The summed E-state index contributed by atoms with van der Waals surface area (Å²) < 4.78 is 40.2. The number of aromatic nitrogens is 1. The van der Waals surface area contributed by atoms with Crippen molar-refractivity contribution in [1.29, 1.82) is 5.26 Å². The first-order chi connectivity index (χ1) is 18.9. The van der Waals surface area contributed by atoms with E-state index in [2.05, 4.69) is 15.2 Å². The second-order valence-corrected chi connectivity index (χ2v) is 10.5. The summed E-state index contributed by atoms with van der Waals surface area (Å²) in [5, 5.41) is 23.5. The summed E-state index contributed by atoms with van der Waals surface area (Å²) in [6, 6.07) is 8.42. The van der Waals surface area contributed by atoms with Gasteiger partial charge in [-0.25, -0.2) is 0 Å². The zero-order chi connectivity index (χ0) is 29.2. The van der Waals surface area contributed by atoms with Gasteiger partial charge < -0.3 is 20.3 Å². The third-order valence-corrected chi connectivity index (χ3v) is 7.44. The van der Waals surface area contributed by atoms with Gasteiger partial charge in [-0.1, -0.05) is 23.2 Å². The van der Waals surface area contributed by atoms with Gasteiger partial charge in [0.25, 0.3) is 5.56 Å². The SMILES string of the molecule is CC(CC(=O)NCc1cc(Cl)cc(-c2cc(-c3cc(C(F)(F)F)ccc3Cl)c(C#N)c(=O)[nH]2)c1O)N1CCCC1. The number of amides is 1. The summed E-state index contributed by atoms with van der Waals surface area (Å²) in [4.78, 5) is 30.1. The van der Waals surface area contributed by atoms with E-state index in [4.69, 9.17) is 23.2 Å². The molecule has 210 valence electrons. The van der Waals surface area contributed by atoms with Gasteiger partial charge in [-0.3, -0.25) is 9.59 Å². The standard InChI is InChI=1S/C28H25Cl2F3N4O3/c1-15(37-6-2-3-7-37)8-25(38)35-14-16-9-18(29)11-21(26(16)39)24-12-19(22(13-34)27(40)36-24)20-10-17(28(31,32)33)4-5-23(20)30/h4-5,9-12,15,39H,2-3,6-8,14H2,1H3,(H,35,38)(H,36,40). The first-order valence-corrected chi connectivity index (χ1v) is 13.2. The van der Waals surface area contributed by atoms with Gasteiger partial charge >= 0.3 is 6.18 Å². The van der Waals surface area contributed by atoms with Crippen LogP contribution in [0, 0.1) is 11.3 Å². The van der Waals surface area contributed by atoms with Crippen molar-refractivity contribution in [1.82, 2.24) is 15.2 Å². The zero-order valence-corrected chi connectivity index (χ0v) is 22.8. The number of nitrogens with one attached hydrogen (secondary N) is 2. The van der Waals surface area contributed by atoms with Crippen LogP contribution in [0.5, 0.6) is 5.75 Å². The number of benzene rings is 2. The van der Waals surface area contributed by atoms with Crippen LogP contribution in [0.1, 0.15) is 42.9 Å². The van der Waals surface area contributed by atoms with Crippen LogP contribution in [-0.2, 0) is 17.5 Å². The van der Waals surface area contributed by atoms with Crippen molar-refractivity contribution in [3.05, 3.63) is 73.5 Å². The Morgan fingerprint density at radius 1 is 1.15 bits per heavy atom. The smallest absolute Gasteiger partial charge is 0.416 e. The fraction of sp³-hybridized carbons (Fsp3) is 0.321. The van der Waals surface area contributed by atoms with E-state index in [1.165, 1.54) is 18.2 Å². The van der Waals surface area contributed by atoms with Gasteiger partial charge in [-0.15, -0.1) is 0 Å². The second kappa shape index (κ2) is 11.9. The zero-order valence-electron chi connectivity index (χ0n) is 21.3. The number of hydrogen-bond donors (Lipinski definition) is 3. The van der Waals surface area contributed by atoms with Gasteiger partial charge in [-0.05, 0) is 69.3 Å². The first kappa shape index (κ1) is 29.5. The van der Waals surface area contributed by atoms with Crippen molar-refractivity contribution in [3.8, 4) is 34.2 Å². The van der Waals surface area contributed by atoms with E-state index >= 15 is 0 Å². The predicted octanol–water partition coefficient (Wildman–Crippen LogP) is 6.10. The number of rotatable bonds is 7. The lowest BCUT2D eigenvalue weighted by Crippen LogP contribution is -2.35. The van der Waals surface area contributed by atoms with Crippen LogP contribution < -0.4 is 10.9 Å². The molecular weight excluding hydrogens is 568 g/mol. The quantitative estimate of drug-likeness (QED) is 0.307. The van der Waals surface area contributed by atoms with Crippen LogP contribution in [0.3, 0.4) is 0 Å². The van der Waals surface area contributed by atoms with Gasteiger partial charge in [0.05, 0.1) is 11.3 Å². The number of nitrogens with zero attached hydrogens (tertiary/aromatic N) is 2. The molecular formula is C28H25Cl2F3N4O3. The highest BCUT2D eigenvalue weighted by atomic mass is 35.5. The van der Waals surface area contributed by atoms with E-state index in [-0.39, 0.29) is 68.7 Å². The summed E-state index contributed by atoms with van der Waals surface area (Å²) in [5.41, 5.74) is -2.40. The Bertz CT molecular complexity index is 1540. The summed E-state index contributed by atoms with van der Waals surface area (Å²) in [6.07, 6.45) is -2.21. The molecule has 3 aromatic rings. The molecule has 1 saturated heterocycles. The molecule has 1 aliphatic rings. The molecule has 1 unspecified atom stereocenters. The Hall–Kier alpha value is -3.52. The van der Waals surface area contributed by atoms with Crippen molar-refractivity contribution in [2.24, 2.45) is 0 Å². The number of hydrogen-bond acceptors (Lipinski definition) is 5. The number of pyridine rings is 1. The van der Waals surface area contributed by atoms with Crippen molar-refractivity contribution < 1.29 is 23.1 Å². The largest absolute Gasteiger partial charge is 0.507 e. The average molecular weight is 593 g/mol. The first-order valence-electron chi connectivity index (χ1n) is 12.5. The molecule has 4 rings (SSSR count). The number of halogens is 5. The Kier molecular flexibility index (Phi) is 8.78. The van der Waals surface area contributed by atoms with Crippen LogP contribution in [-0.4, -0.2) is 40.0 Å². The number of carbonyl (C=O) groups excluding carboxylic acids is 1. The van der Waals surface area contributed by atoms with Crippen molar-refractivity contribution >= 4 is 29.1 Å². The molecule has 1 amide bonds. The topological polar surface area (TPSA) is 109 Å². The molecule has 0 spiro atoms.